The Bertz CT molecular complexity index is 134. The number of amides is 2. The maximum Gasteiger partial charge on any atom is 0.332 e. The lowest BCUT2D eigenvalue weighted by Crippen LogP contribution is -2.25. The number of hydrogen-bond donors (Lipinski definition) is 2. The number of nitrogens with zero attached hydrogens (tertiary/aromatic N) is 1. The number of carbonyl (C=O) groups is 1. The zero-order valence-electron chi connectivity index (χ0n) is 5.02. The van der Waals surface area contributed by atoms with Crippen molar-refractivity contribution in [2.75, 3.05) is 5.88 Å². The molecule has 2 amide bonds. The molecule has 0 aliphatic heterocycles. The number of nitrogens with one attached hydrogen (secondary N) is 1. The summed E-state index contributed by atoms with van der Waals surface area (Å²) in [5.41, 5.74) is 7.35. The number of rotatable bonds is 2. The molecule has 52 valence electrons. The molecule has 3 N–H and O–H groups in total. The molecule has 0 atom stereocenters. The molecule has 0 aromatic rings. The van der Waals surface area contributed by atoms with E-state index in [-0.39, 0.29) is 0 Å². The van der Waals surface area contributed by atoms with Gasteiger partial charge in [0, 0.05) is 0 Å². The molecular weight excluding hydrogens is 142 g/mol. The summed E-state index contributed by atoms with van der Waals surface area (Å²) in [5.74, 6) is 0.292. The normalized spacial score (nSPS) is 11.1. The van der Waals surface area contributed by atoms with Crippen LogP contribution in [0.25, 0.3) is 0 Å². The van der Waals surface area contributed by atoms with E-state index >= 15 is 0 Å². The third-order valence-electron chi connectivity index (χ3n) is 0.550. The zero-order chi connectivity index (χ0) is 7.28. The lowest BCUT2D eigenvalue weighted by atomic mass is 10.5. The minimum absolute atomic E-state index is 0.292. The van der Waals surface area contributed by atoms with E-state index in [2.05, 4.69) is 5.10 Å². The van der Waals surface area contributed by atoms with Gasteiger partial charge in [0.25, 0.3) is 0 Å². The van der Waals surface area contributed by atoms with Gasteiger partial charge < -0.3 is 5.73 Å². The minimum Gasteiger partial charge on any atom is -0.350 e. The second-order valence-electron chi connectivity index (χ2n) is 1.46. The summed E-state index contributed by atoms with van der Waals surface area (Å²) >= 11 is 5.31. The fraction of sp³-hybridized carbons (Fsp3) is 0.500. The summed E-state index contributed by atoms with van der Waals surface area (Å²) in [6.07, 6.45) is 0. The van der Waals surface area contributed by atoms with Gasteiger partial charge in [0.1, 0.15) is 0 Å². The van der Waals surface area contributed by atoms with Crippen LogP contribution in [0.2, 0.25) is 0 Å². The average molecular weight is 150 g/mol. The molecule has 0 radical (unpaired) electrons. The number of hydrazone groups is 1. The van der Waals surface area contributed by atoms with Crippen molar-refractivity contribution in [3.63, 3.8) is 0 Å². The minimum atomic E-state index is -0.681. The predicted molar refractivity (Wildman–Crippen MR) is 36.5 cm³/mol. The van der Waals surface area contributed by atoms with Crippen molar-refractivity contribution in [1.29, 1.82) is 0 Å². The molecule has 4 nitrogen and oxygen atoms in total. The highest BCUT2D eigenvalue weighted by molar-refractivity contribution is 6.28. The zero-order valence-corrected chi connectivity index (χ0v) is 5.77. The molecule has 5 heteroatoms. The Morgan fingerprint density at radius 1 is 1.89 bits per heavy atom. The Kier molecular flexibility index (Phi) is 3.79. The van der Waals surface area contributed by atoms with Crippen molar-refractivity contribution in [3.05, 3.63) is 0 Å². The molecule has 0 spiro atoms. The second kappa shape index (κ2) is 4.14. The SMILES string of the molecule is CC(CCl)=NNC(N)=O. The molecule has 0 aliphatic rings. The smallest absolute Gasteiger partial charge is 0.332 e. The molecule has 0 saturated heterocycles. The molecule has 0 rings (SSSR count). The summed E-state index contributed by atoms with van der Waals surface area (Å²) in [5, 5.41) is 3.50. The lowest BCUT2D eigenvalue weighted by Gasteiger charge is -1.92. The number of halogens is 1. The van der Waals surface area contributed by atoms with Crippen LogP contribution in [-0.2, 0) is 0 Å². The Labute approximate surface area is 58.1 Å². The van der Waals surface area contributed by atoms with Crippen LogP contribution in [0.15, 0.2) is 5.10 Å². The molecule has 0 aromatic heterocycles. The van der Waals surface area contributed by atoms with Crippen LogP contribution in [0, 0.1) is 0 Å². The molecule has 0 saturated carbocycles. The monoisotopic (exact) mass is 149 g/mol. The van der Waals surface area contributed by atoms with Gasteiger partial charge in [-0.1, -0.05) is 0 Å². The van der Waals surface area contributed by atoms with E-state index in [4.69, 9.17) is 17.3 Å². The van der Waals surface area contributed by atoms with E-state index in [0.29, 0.717) is 11.6 Å². The first-order valence-corrected chi connectivity index (χ1v) is 2.85. The van der Waals surface area contributed by atoms with Gasteiger partial charge in [-0.25, -0.2) is 10.2 Å². The molecule has 0 unspecified atom stereocenters. The maximum absolute atomic E-state index is 9.98. The van der Waals surface area contributed by atoms with Gasteiger partial charge in [0.05, 0.1) is 11.6 Å². The van der Waals surface area contributed by atoms with Crippen LogP contribution in [0.4, 0.5) is 4.79 Å². The highest BCUT2D eigenvalue weighted by Gasteiger charge is 1.87. The topological polar surface area (TPSA) is 67.5 Å². The number of primary amides is 1. The summed E-state index contributed by atoms with van der Waals surface area (Å²) < 4.78 is 0. The van der Waals surface area contributed by atoms with Crippen molar-refractivity contribution in [2.45, 2.75) is 6.92 Å². The maximum atomic E-state index is 9.98. The first-order chi connectivity index (χ1) is 4.16. The Morgan fingerprint density at radius 2 is 2.44 bits per heavy atom. The molecule has 9 heavy (non-hydrogen) atoms. The lowest BCUT2D eigenvalue weighted by molar-refractivity contribution is 0.249. The summed E-state index contributed by atoms with van der Waals surface area (Å²) in [4.78, 5) is 9.98. The molecule has 0 aliphatic carbocycles. The van der Waals surface area contributed by atoms with Crippen molar-refractivity contribution in [3.8, 4) is 0 Å². The van der Waals surface area contributed by atoms with E-state index in [9.17, 15) is 4.79 Å². The second-order valence-corrected chi connectivity index (χ2v) is 1.72. The number of alkyl halides is 1. The summed E-state index contributed by atoms with van der Waals surface area (Å²) in [6, 6.07) is -0.681. The van der Waals surface area contributed by atoms with Gasteiger partial charge in [-0.15, -0.1) is 11.6 Å². The Morgan fingerprint density at radius 3 is 2.78 bits per heavy atom. The quantitative estimate of drug-likeness (QED) is 0.330. The van der Waals surface area contributed by atoms with Gasteiger partial charge in [-0.3, -0.25) is 0 Å². The van der Waals surface area contributed by atoms with E-state index in [1.165, 1.54) is 0 Å². The number of carbonyl (C=O) groups excluding carboxylic acids is 1. The van der Waals surface area contributed by atoms with Gasteiger partial charge in [0.15, 0.2) is 0 Å². The van der Waals surface area contributed by atoms with E-state index in [1.807, 2.05) is 5.43 Å². The molecular formula is C4H8ClN3O. The highest BCUT2D eigenvalue weighted by atomic mass is 35.5. The molecule has 0 fully saturated rings. The molecule has 0 aromatic carbocycles. The fourth-order valence-corrected chi connectivity index (χ4v) is 0.240. The molecule has 0 heterocycles. The number of urea groups is 1. The standard InChI is InChI=1S/C4H8ClN3O/c1-3(2-5)7-8-4(6)9/h2H2,1H3,(H3,6,8,9). The Hall–Kier alpha value is -0.770. The largest absolute Gasteiger partial charge is 0.350 e. The van der Waals surface area contributed by atoms with E-state index in [0.717, 1.165) is 0 Å². The van der Waals surface area contributed by atoms with Crippen LogP contribution < -0.4 is 11.2 Å². The van der Waals surface area contributed by atoms with Gasteiger partial charge >= 0.3 is 6.03 Å². The third-order valence-corrected chi connectivity index (χ3v) is 0.937. The average Bonchev–Trinajstić information content (AvgIpc) is 1.83. The third kappa shape index (κ3) is 5.10. The molecule has 0 bridgehead atoms. The first kappa shape index (κ1) is 8.23. The predicted octanol–water partition coefficient (Wildman–Crippen LogP) is 0.269. The van der Waals surface area contributed by atoms with E-state index < -0.39 is 6.03 Å². The van der Waals surface area contributed by atoms with Crippen LogP contribution in [0.5, 0.6) is 0 Å². The number of hydrogen-bond acceptors (Lipinski definition) is 2. The summed E-state index contributed by atoms with van der Waals surface area (Å²) in [7, 11) is 0. The van der Waals surface area contributed by atoms with Gasteiger partial charge in [-0.2, -0.15) is 5.10 Å². The van der Waals surface area contributed by atoms with Crippen LogP contribution >= 0.6 is 11.6 Å². The van der Waals surface area contributed by atoms with Crippen molar-refractivity contribution >= 4 is 23.3 Å². The van der Waals surface area contributed by atoms with Crippen LogP contribution in [-0.4, -0.2) is 17.6 Å². The highest BCUT2D eigenvalue weighted by Crippen LogP contribution is 1.78. The van der Waals surface area contributed by atoms with Crippen LogP contribution in [0.1, 0.15) is 6.92 Å². The summed E-state index contributed by atoms with van der Waals surface area (Å²) in [6.45, 7) is 1.68. The number of nitrogens with two attached hydrogens (primary N) is 1. The van der Waals surface area contributed by atoms with Gasteiger partial charge in [0.2, 0.25) is 0 Å². The first-order valence-electron chi connectivity index (χ1n) is 2.31. The van der Waals surface area contributed by atoms with Crippen LogP contribution in [0.3, 0.4) is 0 Å². The van der Waals surface area contributed by atoms with Crippen molar-refractivity contribution in [2.24, 2.45) is 10.8 Å². The van der Waals surface area contributed by atoms with Crippen molar-refractivity contribution < 1.29 is 4.79 Å². The Balaban J connectivity index is 3.56. The van der Waals surface area contributed by atoms with Crippen molar-refractivity contribution in [1.82, 2.24) is 5.43 Å². The fourth-order valence-electron chi connectivity index (χ4n) is 0.180. The van der Waals surface area contributed by atoms with E-state index in [1.54, 1.807) is 6.92 Å². The van der Waals surface area contributed by atoms with Gasteiger partial charge in [-0.05, 0) is 6.92 Å².